The molecule has 0 radical (unpaired) electrons. The van der Waals surface area contributed by atoms with Crippen LogP contribution < -0.4 is 29.6 Å². The Labute approximate surface area is 96.5 Å². The summed E-state index contributed by atoms with van der Waals surface area (Å²) >= 11 is 6.48. The molecule has 1 heterocycles. The van der Waals surface area contributed by atoms with Gasteiger partial charge in [-0.2, -0.15) is 0 Å². The van der Waals surface area contributed by atoms with Gasteiger partial charge in [0.05, 0.1) is 5.52 Å². The van der Waals surface area contributed by atoms with Crippen molar-refractivity contribution in [2.45, 2.75) is 4.34 Å². The van der Waals surface area contributed by atoms with Gasteiger partial charge in [0, 0.05) is 0 Å². The van der Waals surface area contributed by atoms with Crippen molar-refractivity contribution in [3.05, 3.63) is 24.3 Å². The molecule has 0 aliphatic heterocycles. The van der Waals surface area contributed by atoms with Crippen LogP contribution in [0.15, 0.2) is 28.6 Å². The minimum Gasteiger partial charge on any atom is -0.408 e. The average Bonchev–Trinajstić information content (AvgIpc) is 2.27. The van der Waals surface area contributed by atoms with Crippen molar-refractivity contribution in [3.63, 3.8) is 0 Å². The predicted octanol–water partition coefficient (Wildman–Crippen LogP) is -0.794. The monoisotopic (exact) mass is 189 g/mol. The van der Waals surface area contributed by atoms with Crippen LogP contribution in [0.3, 0.4) is 0 Å². The van der Waals surface area contributed by atoms with E-state index >= 15 is 0 Å². The molecule has 2 rings (SSSR count). The van der Waals surface area contributed by atoms with Gasteiger partial charge in [-0.25, -0.2) is 0 Å². The number of nitrogens with zero attached hydrogens (tertiary/aromatic N) is 1. The van der Waals surface area contributed by atoms with Crippen LogP contribution in [0.4, 0.5) is 0 Å². The molecule has 0 N–H and O–H groups in total. The van der Waals surface area contributed by atoms with Crippen LogP contribution in [-0.4, -0.2) is 4.98 Å². The van der Waals surface area contributed by atoms with Crippen molar-refractivity contribution >= 4 is 34.2 Å². The maximum absolute atomic E-state index is 4.92. The van der Waals surface area contributed by atoms with Crippen LogP contribution >= 0.6 is 11.3 Å². The smallest absolute Gasteiger partial charge is 0.408 e. The second-order valence-electron chi connectivity index (χ2n) is 1.95. The van der Waals surface area contributed by atoms with Gasteiger partial charge in [0.15, 0.2) is 0 Å². The fraction of sp³-hybridized carbons (Fsp3) is 0. The molecule has 0 amide bonds. The molecular formula is C7H4NNaS2. The Hall–Kier alpha value is 0.330. The first-order valence-electron chi connectivity index (χ1n) is 2.89. The van der Waals surface area contributed by atoms with E-state index < -0.39 is 0 Å². The first kappa shape index (κ1) is 9.42. The molecule has 0 saturated heterocycles. The Morgan fingerprint density at radius 2 is 2.00 bits per heavy atom. The summed E-state index contributed by atoms with van der Waals surface area (Å²) in [5.41, 5.74) is 1.01. The average molecular weight is 189 g/mol. The summed E-state index contributed by atoms with van der Waals surface area (Å²) in [5.74, 6) is 0. The van der Waals surface area contributed by atoms with Gasteiger partial charge in [0.1, 0.15) is 0 Å². The van der Waals surface area contributed by atoms with Gasteiger partial charge >= 0.3 is 29.6 Å². The predicted molar refractivity (Wildman–Crippen MR) is 45.3 cm³/mol. The maximum atomic E-state index is 4.92. The quantitative estimate of drug-likeness (QED) is 0.398. The van der Waals surface area contributed by atoms with Crippen LogP contribution in [0.5, 0.6) is 0 Å². The number of rotatable bonds is 0. The van der Waals surface area contributed by atoms with Crippen LogP contribution in [-0.2, 0) is 12.6 Å². The van der Waals surface area contributed by atoms with E-state index in [0.29, 0.717) is 0 Å². The number of thiazole rings is 1. The fourth-order valence-electron chi connectivity index (χ4n) is 0.851. The van der Waals surface area contributed by atoms with E-state index in [-0.39, 0.29) is 29.6 Å². The molecule has 0 atom stereocenters. The molecule has 1 aromatic heterocycles. The zero-order valence-electron chi connectivity index (χ0n) is 6.07. The minimum atomic E-state index is 0. The molecule has 0 aliphatic rings. The van der Waals surface area contributed by atoms with E-state index in [4.69, 9.17) is 12.6 Å². The van der Waals surface area contributed by atoms with E-state index in [9.17, 15) is 0 Å². The van der Waals surface area contributed by atoms with Crippen molar-refractivity contribution in [2.75, 3.05) is 0 Å². The molecule has 0 aliphatic carbocycles. The molecule has 0 unspecified atom stereocenters. The van der Waals surface area contributed by atoms with Gasteiger partial charge in [-0.15, -0.1) is 0 Å². The van der Waals surface area contributed by atoms with E-state index in [1.54, 1.807) is 11.3 Å². The number of hydrogen-bond donors (Lipinski definition) is 0. The third kappa shape index (κ3) is 1.92. The molecule has 11 heavy (non-hydrogen) atoms. The molecule has 0 fully saturated rings. The number of benzene rings is 1. The first-order chi connectivity index (χ1) is 4.86. The summed E-state index contributed by atoms with van der Waals surface area (Å²) in [5, 5.41) is 0. The summed E-state index contributed by atoms with van der Waals surface area (Å²) in [7, 11) is 0. The molecule has 1 nitrogen and oxygen atoms in total. The van der Waals surface area contributed by atoms with Crippen LogP contribution in [0.2, 0.25) is 0 Å². The molecule has 50 valence electrons. The van der Waals surface area contributed by atoms with Crippen molar-refractivity contribution in [3.8, 4) is 0 Å². The molecular weight excluding hydrogens is 185 g/mol. The van der Waals surface area contributed by atoms with E-state index in [1.807, 2.05) is 24.3 Å². The molecule has 2 aromatic rings. The van der Waals surface area contributed by atoms with Gasteiger partial charge in [-0.1, -0.05) is 18.2 Å². The summed E-state index contributed by atoms with van der Waals surface area (Å²) in [6.45, 7) is 0. The van der Waals surface area contributed by atoms with Gasteiger partial charge in [0.2, 0.25) is 0 Å². The maximum Gasteiger partial charge on any atom is 1.00 e. The molecule has 0 spiro atoms. The Morgan fingerprint density at radius 3 is 2.73 bits per heavy atom. The van der Waals surface area contributed by atoms with Crippen molar-refractivity contribution < 1.29 is 29.6 Å². The summed E-state index contributed by atoms with van der Waals surface area (Å²) in [6.07, 6.45) is 0. The second kappa shape index (κ2) is 3.83. The number of aromatic nitrogens is 1. The van der Waals surface area contributed by atoms with E-state index in [1.165, 1.54) is 4.70 Å². The van der Waals surface area contributed by atoms with Gasteiger partial charge in [-0.05, 0) is 15.1 Å². The van der Waals surface area contributed by atoms with Crippen LogP contribution in [0.25, 0.3) is 10.2 Å². The standard InChI is InChI=1S/C7H5NS2.Na/c9-7-8-5-3-1-2-4-6(5)10-7;/h1-4H,(H,8,9);/q;+1/p-1. The molecule has 1 aromatic carbocycles. The van der Waals surface area contributed by atoms with Crippen molar-refractivity contribution in [1.82, 2.24) is 4.98 Å². The molecule has 4 heteroatoms. The first-order valence-corrected chi connectivity index (χ1v) is 4.11. The van der Waals surface area contributed by atoms with Gasteiger partial charge in [-0.3, -0.25) is 4.98 Å². The largest absolute Gasteiger partial charge is 1.00 e. The van der Waals surface area contributed by atoms with Gasteiger partial charge < -0.3 is 24.0 Å². The zero-order chi connectivity index (χ0) is 6.97. The number of fused-ring (bicyclic) bond motifs is 1. The third-order valence-electron chi connectivity index (χ3n) is 1.27. The second-order valence-corrected chi connectivity index (χ2v) is 3.62. The zero-order valence-corrected chi connectivity index (χ0v) is 9.71. The summed E-state index contributed by atoms with van der Waals surface area (Å²) < 4.78 is 1.90. The fourth-order valence-corrected chi connectivity index (χ4v) is 1.92. The Bertz CT molecular complexity index is 325. The summed E-state index contributed by atoms with van der Waals surface area (Å²) in [4.78, 5) is 4.15. The van der Waals surface area contributed by atoms with Crippen molar-refractivity contribution in [2.24, 2.45) is 0 Å². The normalized spacial score (nSPS) is 9.45. The van der Waals surface area contributed by atoms with E-state index in [0.717, 1.165) is 9.86 Å². The Balaban J connectivity index is 0.000000605. The SMILES string of the molecule is [Na+].[S-]c1nc2ccccc2s1. The Kier molecular flexibility index (Phi) is 3.28. The van der Waals surface area contributed by atoms with Crippen LogP contribution in [0.1, 0.15) is 0 Å². The number of hydrogen-bond acceptors (Lipinski definition) is 3. The summed E-state index contributed by atoms with van der Waals surface area (Å²) in [6, 6.07) is 7.97. The Morgan fingerprint density at radius 1 is 1.27 bits per heavy atom. The van der Waals surface area contributed by atoms with Gasteiger partial charge in [0.25, 0.3) is 0 Å². The molecule has 0 saturated carbocycles. The topological polar surface area (TPSA) is 12.9 Å². The number of para-hydroxylation sites is 1. The van der Waals surface area contributed by atoms with E-state index in [2.05, 4.69) is 4.98 Å². The van der Waals surface area contributed by atoms with Crippen LogP contribution in [0, 0.1) is 0 Å². The van der Waals surface area contributed by atoms with Crippen molar-refractivity contribution in [1.29, 1.82) is 0 Å². The minimum absolute atomic E-state index is 0. The molecule has 0 bridgehead atoms. The third-order valence-corrected chi connectivity index (χ3v) is 2.45.